The third-order valence-electron chi connectivity index (χ3n) is 4.22. The Labute approximate surface area is 138 Å². The van der Waals surface area contributed by atoms with Gasteiger partial charge in [-0.15, -0.1) is 0 Å². The first kappa shape index (κ1) is 16.3. The van der Waals surface area contributed by atoms with Crippen LogP contribution >= 0.6 is 0 Å². The van der Waals surface area contributed by atoms with Crippen LogP contribution < -0.4 is 5.32 Å². The summed E-state index contributed by atoms with van der Waals surface area (Å²) in [7, 11) is 0. The van der Waals surface area contributed by atoms with E-state index in [1.54, 1.807) is 24.3 Å². The fourth-order valence-corrected chi connectivity index (χ4v) is 2.83. The molecule has 0 bridgehead atoms. The maximum Gasteiger partial charge on any atom is 0.261 e. The molecular formula is C18H17F2N2O2+. The number of amides is 2. The molecule has 0 unspecified atom stereocenters. The Morgan fingerprint density at radius 2 is 1.62 bits per heavy atom. The third-order valence-corrected chi connectivity index (χ3v) is 4.22. The third kappa shape index (κ3) is 2.92. The highest BCUT2D eigenvalue weighted by atomic mass is 19.2. The Morgan fingerprint density at radius 3 is 2.21 bits per heavy atom. The van der Waals surface area contributed by atoms with Gasteiger partial charge in [0.25, 0.3) is 11.8 Å². The van der Waals surface area contributed by atoms with Crippen LogP contribution in [0.2, 0.25) is 0 Å². The molecule has 1 heterocycles. The molecule has 0 spiro atoms. The van der Waals surface area contributed by atoms with Gasteiger partial charge in [-0.2, -0.15) is 0 Å². The fraction of sp³-hybridized carbons (Fsp3) is 0.222. The van der Waals surface area contributed by atoms with E-state index in [-0.39, 0.29) is 24.4 Å². The Kier molecular flexibility index (Phi) is 4.40. The summed E-state index contributed by atoms with van der Waals surface area (Å²) in [6.07, 6.45) is 0. The zero-order valence-electron chi connectivity index (χ0n) is 13.1. The summed E-state index contributed by atoms with van der Waals surface area (Å²) in [5, 5.41) is 1.89. The highest BCUT2D eigenvalue weighted by Gasteiger charge is 2.35. The number of imide groups is 1. The molecule has 124 valence electrons. The molecule has 0 saturated carbocycles. The first-order valence-corrected chi connectivity index (χ1v) is 7.72. The van der Waals surface area contributed by atoms with Gasteiger partial charge in [-0.05, 0) is 37.3 Å². The van der Waals surface area contributed by atoms with Gasteiger partial charge < -0.3 is 5.32 Å². The van der Waals surface area contributed by atoms with Crippen molar-refractivity contribution >= 4 is 11.8 Å². The first-order valence-electron chi connectivity index (χ1n) is 7.72. The maximum absolute atomic E-state index is 13.3. The Balaban J connectivity index is 1.60. The smallest absolute Gasteiger partial charge is 0.261 e. The first-order chi connectivity index (χ1) is 11.5. The average Bonchev–Trinajstić information content (AvgIpc) is 2.82. The number of hydrogen-bond acceptors (Lipinski definition) is 2. The highest BCUT2D eigenvalue weighted by Crippen LogP contribution is 2.21. The molecule has 2 N–H and O–H groups in total. The number of quaternary nitrogens is 1. The lowest BCUT2D eigenvalue weighted by Crippen LogP contribution is -2.86. The number of nitrogens with zero attached hydrogens (tertiary/aromatic N) is 1. The minimum Gasteiger partial charge on any atom is -0.339 e. The van der Waals surface area contributed by atoms with Crippen LogP contribution in [0.15, 0.2) is 42.5 Å². The number of carbonyl (C=O) groups excluding carboxylic acids is 2. The lowest BCUT2D eigenvalue weighted by atomic mass is 10.1. The molecule has 0 saturated heterocycles. The summed E-state index contributed by atoms with van der Waals surface area (Å²) in [6, 6.07) is 10.4. The number of benzene rings is 2. The van der Waals surface area contributed by atoms with Gasteiger partial charge in [-0.1, -0.05) is 12.1 Å². The molecule has 0 radical (unpaired) electrons. The SMILES string of the molecule is C[C@@H]([NH2+]CCN1C(=O)c2ccccc2C1=O)c1ccc(F)c(F)c1. The molecule has 2 aromatic rings. The zero-order valence-corrected chi connectivity index (χ0v) is 13.1. The number of hydrogen-bond donors (Lipinski definition) is 1. The van der Waals surface area contributed by atoms with Crippen molar-refractivity contribution in [2.24, 2.45) is 0 Å². The van der Waals surface area contributed by atoms with Crippen molar-refractivity contribution in [3.8, 4) is 0 Å². The van der Waals surface area contributed by atoms with E-state index < -0.39 is 11.6 Å². The molecule has 1 aliphatic heterocycles. The lowest BCUT2D eigenvalue weighted by Gasteiger charge is -2.15. The molecule has 0 aromatic heterocycles. The van der Waals surface area contributed by atoms with Gasteiger partial charge in [-0.3, -0.25) is 14.5 Å². The van der Waals surface area contributed by atoms with Crippen molar-refractivity contribution in [2.45, 2.75) is 13.0 Å². The molecule has 4 nitrogen and oxygen atoms in total. The molecule has 1 aliphatic rings. The van der Waals surface area contributed by atoms with Crippen molar-refractivity contribution in [1.82, 2.24) is 4.90 Å². The predicted molar refractivity (Wildman–Crippen MR) is 83.4 cm³/mol. The van der Waals surface area contributed by atoms with Gasteiger partial charge in [0, 0.05) is 5.56 Å². The van der Waals surface area contributed by atoms with E-state index in [1.165, 1.54) is 17.0 Å². The second kappa shape index (κ2) is 6.49. The number of fused-ring (bicyclic) bond motifs is 1. The number of halogens is 2. The summed E-state index contributed by atoms with van der Waals surface area (Å²) in [5.41, 5.74) is 1.50. The summed E-state index contributed by atoms with van der Waals surface area (Å²) in [5.74, 6) is -2.33. The van der Waals surface area contributed by atoms with E-state index in [0.29, 0.717) is 23.2 Å². The van der Waals surface area contributed by atoms with Gasteiger partial charge in [-0.25, -0.2) is 8.78 Å². The van der Waals surface area contributed by atoms with Gasteiger partial charge in [0.2, 0.25) is 0 Å². The second-order valence-electron chi connectivity index (χ2n) is 5.79. The van der Waals surface area contributed by atoms with E-state index in [1.807, 2.05) is 12.2 Å². The topological polar surface area (TPSA) is 54.0 Å². The molecule has 0 fully saturated rings. The van der Waals surface area contributed by atoms with Crippen LogP contribution in [0.3, 0.4) is 0 Å². The van der Waals surface area contributed by atoms with E-state index >= 15 is 0 Å². The predicted octanol–water partition coefficient (Wildman–Crippen LogP) is 1.89. The normalized spacial score (nSPS) is 14.9. The molecule has 1 atom stereocenters. The Bertz CT molecular complexity index is 772. The van der Waals surface area contributed by atoms with Crippen LogP contribution in [0.4, 0.5) is 8.78 Å². The minimum absolute atomic E-state index is 0.115. The van der Waals surface area contributed by atoms with Crippen molar-refractivity contribution in [2.75, 3.05) is 13.1 Å². The highest BCUT2D eigenvalue weighted by molar-refractivity contribution is 6.21. The summed E-state index contributed by atoms with van der Waals surface area (Å²) < 4.78 is 26.2. The van der Waals surface area contributed by atoms with E-state index in [9.17, 15) is 18.4 Å². The minimum atomic E-state index is -0.881. The quantitative estimate of drug-likeness (QED) is 0.851. The van der Waals surface area contributed by atoms with Crippen LogP contribution in [0.1, 0.15) is 39.2 Å². The molecule has 24 heavy (non-hydrogen) atoms. The molecule has 2 aromatic carbocycles. The number of nitrogens with two attached hydrogens (primary N) is 1. The summed E-state index contributed by atoms with van der Waals surface area (Å²) in [4.78, 5) is 25.7. The van der Waals surface area contributed by atoms with Crippen molar-refractivity contribution in [3.05, 3.63) is 70.8 Å². The van der Waals surface area contributed by atoms with Crippen LogP contribution in [-0.4, -0.2) is 29.8 Å². The maximum atomic E-state index is 13.3. The van der Waals surface area contributed by atoms with Crippen molar-refractivity contribution in [1.29, 1.82) is 0 Å². The van der Waals surface area contributed by atoms with Crippen LogP contribution in [0.5, 0.6) is 0 Å². The Morgan fingerprint density at radius 1 is 1.00 bits per heavy atom. The van der Waals surface area contributed by atoms with Crippen LogP contribution in [0, 0.1) is 11.6 Å². The molecule has 3 rings (SSSR count). The zero-order chi connectivity index (χ0) is 17.3. The van der Waals surface area contributed by atoms with Gasteiger partial charge in [0.15, 0.2) is 11.6 Å². The van der Waals surface area contributed by atoms with Crippen molar-refractivity contribution in [3.63, 3.8) is 0 Å². The summed E-state index contributed by atoms with van der Waals surface area (Å²) in [6.45, 7) is 2.60. The monoisotopic (exact) mass is 331 g/mol. The average molecular weight is 331 g/mol. The van der Waals surface area contributed by atoms with Crippen LogP contribution in [-0.2, 0) is 0 Å². The summed E-state index contributed by atoms with van der Waals surface area (Å²) >= 11 is 0. The van der Waals surface area contributed by atoms with Crippen LogP contribution in [0.25, 0.3) is 0 Å². The Hall–Kier alpha value is -2.60. The second-order valence-corrected chi connectivity index (χ2v) is 5.79. The number of rotatable bonds is 5. The molecule has 6 heteroatoms. The lowest BCUT2D eigenvalue weighted by molar-refractivity contribution is -0.691. The standard InChI is InChI=1S/C18H16F2N2O2/c1-11(12-6-7-15(19)16(20)10-12)21-8-9-22-17(23)13-4-2-3-5-14(13)18(22)24/h2-7,10-11,21H,8-9H2,1H3/p+1/t11-/m1/s1. The van der Waals surface area contributed by atoms with Gasteiger partial charge in [0.1, 0.15) is 6.04 Å². The molecular weight excluding hydrogens is 314 g/mol. The van der Waals surface area contributed by atoms with E-state index in [2.05, 4.69) is 0 Å². The molecule has 0 aliphatic carbocycles. The number of carbonyl (C=O) groups is 2. The fourth-order valence-electron chi connectivity index (χ4n) is 2.83. The van der Waals surface area contributed by atoms with Crippen molar-refractivity contribution < 1.29 is 23.7 Å². The van der Waals surface area contributed by atoms with Gasteiger partial charge >= 0.3 is 0 Å². The van der Waals surface area contributed by atoms with Gasteiger partial charge in [0.05, 0.1) is 24.2 Å². The van der Waals surface area contributed by atoms with E-state index in [0.717, 1.165) is 6.07 Å². The largest absolute Gasteiger partial charge is 0.339 e. The molecule has 2 amide bonds. The van der Waals surface area contributed by atoms with E-state index in [4.69, 9.17) is 0 Å².